The third kappa shape index (κ3) is 2.48. The fourth-order valence-corrected chi connectivity index (χ4v) is 2.41. The van der Waals surface area contributed by atoms with Crippen LogP contribution >= 0.6 is 11.3 Å². The van der Waals surface area contributed by atoms with E-state index >= 15 is 0 Å². The van der Waals surface area contributed by atoms with Crippen LogP contribution in [0.2, 0.25) is 0 Å². The van der Waals surface area contributed by atoms with E-state index in [-0.39, 0.29) is 18.3 Å². The van der Waals surface area contributed by atoms with Gasteiger partial charge in [0.1, 0.15) is 11.6 Å². The number of hydrogen-bond donors (Lipinski definition) is 2. The molecule has 96 valence electrons. The minimum Gasteiger partial charge on any atom is -0.345 e. The van der Waals surface area contributed by atoms with Gasteiger partial charge in [-0.1, -0.05) is 0 Å². The molecule has 1 aromatic carbocycles. The predicted octanol–water partition coefficient (Wildman–Crippen LogP) is 2.69. The van der Waals surface area contributed by atoms with Crippen LogP contribution in [0.3, 0.4) is 0 Å². The average molecular weight is 275 g/mol. The number of fused-ring (bicyclic) bond motifs is 1. The number of rotatable bonds is 3. The molecular formula is C13H10FN3OS. The molecule has 3 rings (SSSR count). The van der Waals surface area contributed by atoms with Crippen LogP contribution in [0.15, 0.2) is 35.0 Å². The van der Waals surface area contributed by atoms with E-state index in [4.69, 9.17) is 0 Å². The highest BCUT2D eigenvalue weighted by molar-refractivity contribution is 7.08. The number of aromatic amines is 1. The van der Waals surface area contributed by atoms with Gasteiger partial charge in [0.15, 0.2) is 0 Å². The highest BCUT2D eigenvalue weighted by Crippen LogP contribution is 2.13. The summed E-state index contributed by atoms with van der Waals surface area (Å²) in [7, 11) is 0. The Kier molecular flexibility index (Phi) is 3.00. The first-order valence-electron chi connectivity index (χ1n) is 5.67. The van der Waals surface area contributed by atoms with Crippen molar-refractivity contribution in [3.05, 3.63) is 52.2 Å². The summed E-state index contributed by atoms with van der Waals surface area (Å²) in [5.41, 5.74) is 1.94. The first-order chi connectivity index (χ1) is 9.22. The highest BCUT2D eigenvalue weighted by Gasteiger charge is 2.08. The lowest BCUT2D eigenvalue weighted by molar-refractivity contribution is 0.0950. The van der Waals surface area contributed by atoms with Gasteiger partial charge in [0.2, 0.25) is 0 Å². The van der Waals surface area contributed by atoms with Gasteiger partial charge in [-0.15, -0.1) is 0 Å². The van der Waals surface area contributed by atoms with Gasteiger partial charge in [-0.25, -0.2) is 9.37 Å². The molecule has 1 amide bonds. The molecule has 0 saturated heterocycles. The minimum atomic E-state index is -0.315. The number of halogens is 1. The summed E-state index contributed by atoms with van der Waals surface area (Å²) in [6.07, 6.45) is 0. The number of aromatic nitrogens is 2. The molecule has 0 aliphatic heterocycles. The predicted molar refractivity (Wildman–Crippen MR) is 71.5 cm³/mol. The van der Waals surface area contributed by atoms with E-state index < -0.39 is 0 Å². The Balaban J connectivity index is 1.73. The molecule has 0 fully saturated rings. The summed E-state index contributed by atoms with van der Waals surface area (Å²) in [5, 5.41) is 6.38. The number of thiophene rings is 1. The van der Waals surface area contributed by atoms with Gasteiger partial charge in [0, 0.05) is 10.9 Å². The van der Waals surface area contributed by atoms with Crippen LogP contribution in [0.1, 0.15) is 16.2 Å². The second kappa shape index (κ2) is 4.81. The lowest BCUT2D eigenvalue weighted by Gasteiger charge is -2.00. The van der Waals surface area contributed by atoms with Gasteiger partial charge in [-0.3, -0.25) is 4.79 Å². The number of nitrogens with one attached hydrogen (secondary N) is 2. The third-order valence-electron chi connectivity index (χ3n) is 2.69. The number of carbonyl (C=O) groups is 1. The second-order valence-corrected chi connectivity index (χ2v) is 4.82. The van der Waals surface area contributed by atoms with E-state index in [9.17, 15) is 9.18 Å². The average Bonchev–Trinajstić information content (AvgIpc) is 3.04. The first kappa shape index (κ1) is 11.9. The summed E-state index contributed by atoms with van der Waals surface area (Å²) in [6.45, 7) is 0.283. The normalized spacial score (nSPS) is 10.8. The Morgan fingerprint density at radius 2 is 2.32 bits per heavy atom. The van der Waals surface area contributed by atoms with Gasteiger partial charge < -0.3 is 10.3 Å². The van der Waals surface area contributed by atoms with Gasteiger partial charge in [0.05, 0.1) is 17.6 Å². The Morgan fingerprint density at radius 3 is 3.11 bits per heavy atom. The van der Waals surface area contributed by atoms with Crippen molar-refractivity contribution in [2.24, 2.45) is 0 Å². The monoisotopic (exact) mass is 275 g/mol. The molecule has 0 aliphatic rings. The van der Waals surface area contributed by atoms with Crippen molar-refractivity contribution in [3.8, 4) is 0 Å². The molecule has 0 saturated carbocycles. The molecule has 0 aliphatic carbocycles. The number of benzene rings is 1. The fraction of sp³-hybridized carbons (Fsp3) is 0.0769. The lowest BCUT2D eigenvalue weighted by Crippen LogP contribution is -2.22. The van der Waals surface area contributed by atoms with Gasteiger partial charge >= 0.3 is 0 Å². The van der Waals surface area contributed by atoms with Crippen molar-refractivity contribution in [1.82, 2.24) is 15.3 Å². The van der Waals surface area contributed by atoms with Crippen LogP contribution < -0.4 is 5.32 Å². The van der Waals surface area contributed by atoms with Crippen LogP contribution in [0.4, 0.5) is 4.39 Å². The van der Waals surface area contributed by atoms with Crippen LogP contribution in [0.25, 0.3) is 11.0 Å². The van der Waals surface area contributed by atoms with Gasteiger partial charge in [-0.2, -0.15) is 11.3 Å². The zero-order valence-corrected chi connectivity index (χ0v) is 10.6. The number of H-pyrrole nitrogens is 1. The molecule has 4 nitrogen and oxygen atoms in total. The Bertz CT molecular complexity index is 721. The molecule has 2 heterocycles. The number of hydrogen-bond acceptors (Lipinski definition) is 3. The van der Waals surface area contributed by atoms with E-state index in [1.807, 2.05) is 5.38 Å². The summed E-state index contributed by atoms with van der Waals surface area (Å²) in [5.74, 6) is 0.141. The summed E-state index contributed by atoms with van der Waals surface area (Å²) >= 11 is 1.47. The number of nitrogens with zero attached hydrogens (tertiary/aromatic N) is 1. The maximum atomic E-state index is 13.0. The van der Waals surface area contributed by atoms with E-state index in [2.05, 4.69) is 15.3 Å². The highest BCUT2D eigenvalue weighted by atomic mass is 32.1. The molecule has 0 spiro atoms. The molecule has 2 N–H and O–H groups in total. The zero-order valence-electron chi connectivity index (χ0n) is 9.81. The largest absolute Gasteiger partial charge is 0.345 e. The molecule has 6 heteroatoms. The van der Waals surface area contributed by atoms with Crippen LogP contribution in [-0.4, -0.2) is 15.9 Å². The quantitative estimate of drug-likeness (QED) is 0.772. The molecule has 0 atom stereocenters. The van der Waals surface area contributed by atoms with Crippen LogP contribution in [0.5, 0.6) is 0 Å². The lowest BCUT2D eigenvalue weighted by atomic mass is 10.3. The standard InChI is InChI=1S/C13H10FN3OS/c14-9-1-2-10-11(5-9)17-12(16-10)6-15-13(18)8-3-4-19-7-8/h1-5,7H,6H2,(H,15,18)(H,16,17). The van der Waals surface area contributed by atoms with Crippen molar-refractivity contribution < 1.29 is 9.18 Å². The number of amides is 1. The Labute approximate surface area is 112 Å². The molecule has 3 aromatic rings. The summed E-state index contributed by atoms with van der Waals surface area (Å²) < 4.78 is 13.0. The van der Waals surface area contributed by atoms with Gasteiger partial charge in [-0.05, 0) is 29.6 Å². The number of carbonyl (C=O) groups excluding carboxylic acids is 1. The topological polar surface area (TPSA) is 57.8 Å². The minimum absolute atomic E-state index is 0.145. The molecule has 0 radical (unpaired) electrons. The Hall–Kier alpha value is -2.21. The zero-order chi connectivity index (χ0) is 13.2. The van der Waals surface area contributed by atoms with Crippen LogP contribution in [0, 0.1) is 5.82 Å². The van der Waals surface area contributed by atoms with E-state index in [0.717, 1.165) is 0 Å². The van der Waals surface area contributed by atoms with E-state index in [0.29, 0.717) is 22.4 Å². The Morgan fingerprint density at radius 1 is 1.42 bits per heavy atom. The molecular weight excluding hydrogens is 265 g/mol. The summed E-state index contributed by atoms with van der Waals surface area (Å²) in [6, 6.07) is 6.10. The fourth-order valence-electron chi connectivity index (χ4n) is 1.78. The second-order valence-electron chi connectivity index (χ2n) is 4.04. The third-order valence-corrected chi connectivity index (χ3v) is 3.38. The van der Waals surface area contributed by atoms with Crippen molar-refractivity contribution >= 4 is 28.3 Å². The van der Waals surface area contributed by atoms with E-state index in [1.165, 1.54) is 23.5 Å². The van der Waals surface area contributed by atoms with Crippen molar-refractivity contribution in [2.75, 3.05) is 0 Å². The SMILES string of the molecule is O=C(NCc1nc2ccc(F)cc2[nH]1)c1ccsc1. The molecule has 2 aromatic heterocycles. The summed E-state index contributed by atoms with van der Waals surface area (Å²) in [4.78, 5) is 19.0. The molecule has 0 bridgehead atoms. The van der Waals surface area contributed by atoms with Crippen molar-refractivity contribution in [3.63, 3.8) is 0 Å². The maximum Gasteiger partial charge on any atom is 0.252 e. The first-order valence-corrected chi connectivity index (χ1v) is 6.61. The molecule has 19 heavy (non-hydrogen) atoms. The van der Waals surface area contributed by atoms with Gasteiger partial charge in [0.25, 0.3) is 5.91 Å². The van der Waals surface area contributed by atoms with Crippen LogP contribution in [-0.2, 0) is 6.54 Å². The number of imidazole rings is 1. The van der Waals surface area contributed by atoms with Crippen molar-refractivity contribution in [1.29, 1.82) is 0 Å². The smallest absolute Gasteiger partial charge is 0.252 e. The van der Waals surface area contributed by atoms with Crippen molar-refractivity contribution in [2.45, 2.75) is 6.54 Å². The van der Waals surface area contributed by atoms with E-state index in [1.54, 1.807) is 17.5 Å². The maximum absolute atomic E-state index is 13.0. The molecule has 0 unspecified atom stereocenters.